The van der Waals surface area contributed by atoms with E-state index in [4.69, 9.17) is 9.84 Å². The van der Waals surface area contributed by atoms with Gasteiger partial charge in [-0.2, -0.15) is 0 Å². The SMILES string of the molecule is Cc1cn([C@H]2C[C@H](F)[C@@](C)(CO)O2)c(=O)[nH]c1=O. The first-order valence-corrected chi connectivity index (χ1v) is 5.62. The predicted octanol–water partition coefficient (Wildman–Crippen LogP) is -0.147. The van der Waals surface area contributed by atoms with Crippen LogP contribution < -0.4 is 11.2 Å². The number of ether oxygens (including phenoxy) is 1. The Kier molecular flexibility index (Phi) is 3.12. The molecule has 100 valence electrons. The van der Waals surface area contributed by atoms with Crippen molar-refractivity contribution in [3.8, 4) is 0 Å². The molecule has 0 spiro atoms. The summed E-state index contributed by atoms with van der Waals surface area (Å²) in [5.74, 6) is 0. The van der Waals surface area contributed by atoms with E-state index in [1.54, 1.807) is 6.92 Å². The lowest BCUT2D eigenvalue weighted by Gasteiger charge is -2.23. The van der Waals surface area contributed by atoms with Crippen molar-refractivity contribution >= 4 is 0 Å². The van der Waals surface area contributed by atoms with Crippen molar-refractivity contribution in [3.63, 3.8) is 0 Å². The van der Waals surface area contributed by atoms with E-state index in [0.29, 0.717) is 5.56 Å². The normalized spacial score (nSPS) is 31.8. The van der Waals surface area contributed by atoms with E-state index in [1.165, 1.54) is 13.1 Å². The zero-order chi connectivity index (χ0) is 13.5. The molecule has 0 radical (unpaired) electrons. The van der Waals surface area contributed by atoms with Gasteiger partial charge >= 0.3 is 5.69 Å². The zero-order valence-corrected chi connectivity index (χ0v) is 10.1. The Hall–Kier alpha value is -1.47. The quantitative estimate of drug-likeness (QED) is 0.773. The van der Waals surface area contributed by atoms with Crippen LogP contribution in [0, 0.1) is 6.92 Å². The lowest BCUT2D eigenvalue weighted by molar-refractivity contribution is -0.104. The van der Waals surface area contributed by atoms with Crippen LogP contribution in [0.25, 0.3) is 0 Å². The molecular formula is C11H15FN2O4. The number of hydrogen-bond acceptors (Lipinski definition) is 4. The molecule has 1 aliphatic heterocycles. The first kappa shape index (κ1) is 13.0. The second-order valence-electron chi connectivity index (χ2n) is 4.73. The zero-order valence-electron chi connectivity index (χ0n) is 10.1. The highest BCUT2D eigenvalue weighted by atomic mass is 19.1. The van der Waals surface area contributed by atoms with Crippen LogP contribution in [0.3, 0.4) is 0 Å². The van der Waals surface area contributed by atoms with Gasteiger partial charge in [0.05, 0.1) is 6.61 Å². The highest BCUT2D eigenvalue weighted by molar-refractivity contribution is 5.03. The topological polar surface area (TPSA) is 84.3 Å². The highest BCUT2D eigenvalue weighted by Crippen LogP contribution is 2.37. The van der Waals surface area contributed by atoms with Crippen LogP contribution >= 0.6 is 0 Å². The van der Waals surface area contributed by atoms with Crippen LogP contribution in [-0.2, 0) is 4.74 Å². The minimum atomic E-state index is -1.37. The molecule has 0 bridgehead atoms. The first-order valence-electron chi connectivity index (χ1n) is 5.62. The van der Waals surface area contributed by atoms with E-state index in [0.717, 1.165) is 4.57 Å². The Bertz CT molecular complexity index is 567. The maximum absolute atomic E-state index is 13.7. The molecule has 0 aromatic carbocycles. The molecule has 1 saturated heterocycles. The molecule has 0 saturated carbocycles. The van der Waals surface area contributed by atoms with Crippen molar-refractivity contribution in [2.45, 2.75) is 38.3 Å². The van der Waals surface area contributed by atoms with Gasteiger partial charge < -0.3 is 9.84 Å². The fourth-order valence-electron chi connectivity index (χ4n) is 1.97. The monoisotopic (exact) mass is 258 g/mol. The first-order chi connectivity index (χ1) is 8.37. The number of aromatic amines is 1. The molecule has 2 N–H and O–H groups in total. The fourth-order valence-corrected chi connectivity index (χ4v) is 1.97. The summed E-state index contributed by atoms with van der Waals surface area (Å²) in [6.07, 6.45) is -0.892. The minimum absolute atomic E-state index is 0.0392. The number of alkyl halides is 1. The third-order valence-corrected chi connectivity index (χ3v) is 3.25. The molecule has 7 heteroatoms. The summed E-state index contributed by atoms with van der Waals surface area (Å²) < 4.78 is 20.3. The number of aromatic nitrogens is 2. The van der Waals surface area contributed by atoms with Crippen LogP contribution in [-0.4, -0.2) is 33.0 Å². The van der Waals surface area contributed by atoms with E-state index in [-0.39, 0.29) is 6.42 Å². The Morgan fingerprint density at radius 3 is 2.89 bits per heavy atom. The summed E-state index contributed by atoms with van der Waals surface area (Å²) in [6.45, 7) is 2.52. The van der Waals surface area contributed by atoms with Crippen molar-refractivity contribution in [1.82, 2.24) is 9.55 Å². The average molecular weight is 258 g/mol. The largest absolute Gasteiger partial charge is 0.393 e. The lowest BCUT2D eigenvalue weighted by atomic mass is 10.0. The van der Waals surface area contributed by atoms with Crippen LogP contribution in [0.15, 0.2) is 15.8 Å². The molecule has 0 amide bonds. The second-order valence-corrected chi connectivity index (χ2v) is 4.73. The molecule has 2 rings (SSSR count). The summed E-state index contributed by atoms with van der Waals surface area (Å²) in [6, 6.07) is 0. The molecule has 1 fully saturated rings. The summed E-state index contributed by atoms with van der Waals surface area (Å²) in [7, 11) is 0. The highest BCUT2D eigenvalue weighted by Gasteiger charge is 2.46. The van der Waals surface area contributed by atoms with Gasteiger partial charge in [-0.25, -0.2) is 9.18 Å². The summed E-state index contributed by atoms with van der Waals surface area (Å²) in [5, 5.41) is 9.12. The number of hydrogen-bond donors (Lipinski definition) is 2. The third-order valence-electron chi connectivity index (χ3n) is 3.25. The van der Waals surface area contributed by atoms with Crippen LogP contribution in [0.5, 0.6) is 0 Å². The maximum atomic E-state index is 13.7. The van der Waals surface area contributed by atoms with Gasteiger partial charge in [0, 0.05) is 18.2 Å². The van der Waals surface area contributed by atoms with E-state index in [1.807, 2.05) is 0 Å². The number of aliphatic hydroxyl groups excluding tert-OH is 1. The number of H-pyrrole nitrogens is 1. The number of rotatable bonds is 2. The number of aliphatic hydroxyl groups is 1. The van der Waals surface area contributed by atoms with Crippen molar-refractivity contribution < 1.29 is 14.2 Å². The maximum Gasteiger partial charge on any atom is 0.330 e. The van der Waals surface area contributed by atoms with Gasteiger partial charge in [-0.1, -0.05) is 0 Å². The molecule has 1 aromatic heterocycles. The minimum Gasteiger partial charge on any atom is -0.393 e. The van der Waals surface area contributed by atoms with Crippen molar-refractivity contribution in [3.05, 3.63) is 32.6 Å². The van der Waals surface area contributed by atoms with Crippen LogP contribution in [0.2, 0.25) is 0 Å². The Morgan fingerprint density at radius 1 is 1.67 bits per heavy atom. The van der Waals surface area contributed by atoms with Gasteiger partial charge in [0.2, 0.25) is 0 Å². The Morgan fingerprint density at radius 2 is 2.33 bits per heavy atom. The molecule has 2 heterocycles. The number of halogens is 1. The molecule has 0 unspecified atom stereocenters. The van der Waals surface area contributed by atoms with Gasteiger partial charge in [0.1, 0.15) is 18.0 Å². The number of nitrogens with zero attached hydrogens (tertiary/aromatic N) is 1. The summed E-state index contributed by atoms with van der Waals surface area (Å²) in [5.41, 5.74) is -2.10. The standard InChI is InChI=1S/C11H15FN2O4/c1-6-4-14(10(17)13-9(6)16)8-3-7(12)11(2,5-15)18-8/h4,7-8,15H,3,5H2,1-2H3,(H,13,16,17)/t7-,8+,11+/m0/s1. The molecule has 0 aliphatic carbocycles. The molecule has 1 aromatic rings. The molecular weight excluding hydrogens is 243 g/mol. The Balaban J connectivity index is 2.38. The van der Waals surface area contributed by atoms with E-state index in [9.17, 15) is 14.0 Å². The summed E-state index contributed by atoms with van der Waals surface area (Å²) in [4.78, 5) is 25.0. The second kappa shape index (κ2) is 4.33. The van der Waals surface area contributed by atoms with Gasteiger partial charge in [0.25, 0.3) is 5.56 Å². The summed E-state index contributed by atoms with van der Waals surface area (Å²) >= 11 is 0. The van der Waals surface area contributed by atoms with E-state index < -0.39 is 35.9 Å². The number of aryl methyl sites for hydroxylation is 1. The fraction of sp³-hybridized carbons (Fsp3) is 0.636. The van der Waals surface area contributed by atoms with Crippen molar-refractivity contribution in [1.29, 1.82) is 0 Å². The molecule has 6 nitrogen and oxygen atoms in total. The van der Waals surface area contributed by atoms with Gasteiger partial charge in [-0.3, -0.25) is 14.3 Å². The van der Waals surface area contributed by atoms with Crippen molar-refractivity contribution in [2.24, 2.45) is 0 Å². The van der Waals surface area contributed by atoms with Crippen molar-refractivity contribution in [2.75, 3.05) is 6.61 Å². The van der Waals surface area contributed by atoms with Gasteiger partial charge in [-0.05, 0) is 13.8 Å². The molecule has 1 aliphatic rings. The van der Waals surface area contributed by atoms with E-state index in [2.05, 4.69) is 4.98 Å². The van der Waals surface area contributed by atoms with E-state index >= 15 is 0 Å². The van der Waals surface area contributed by atoms with Gasteiger partial charge in [0.15, 0.2) is 0 Å². The lowest BCUT2D eigenvalue weighted by Crippen LogP contribution is -2.38. The molecule has 18 heavy (non-hydrogen) atoms. The average Bonchev–Trinajstić information content (AvgIpc) is 2.61. The van der Waals surface area contributed by atoms with Crippen LogP contribution in [0.1, 0.15) is 25.1 Å². The van der Waals surface area contributed by atoms with Crippen LogP contribution in [0.4, 0.5) is 4.39 Å². The molecule has 3 atom stereocenters. The smallest absolute Gasteiger partial charge is 0.330 e. The van der Waals surface area contributed by atoms with Gasteiger partial charge in [-0.15, -0.1) is 0 Å². The number of nitrogens with one attached hydrogen (secondary N) is 1. The third kappa shape index (κ3) is 1.99. The predicted molar refractivity (Wildman–Crippen MR) is 61.2 cm³/mol. The Labute approximate surface area is 102 Å².